The zero-order valence-corrected chi connectivity index (χ0v) is 41.4. The lowest BCUT2D eigenvalue weighted by molar-refractivity contribution is 0.768. The highest BCUT2D eigenvalue weighted by Gasteiger charge is 2.47. The topological polar surface area (TPSA) is 3.24 Å². The minimum absolute atomic E-state index is 0.471. The van der Waals surface area contributed by atoms with Gasteiger partial charge < -0.3 is 4.90 Å². The number of nitrogens with zero attached hydrogens (tertiary/aromatic N) is 1. The van der Waals surface area contributed by atoms with Crippen molar-refractivity contribution in [2.75, 3.05) is 4.90 Å². The first-order chi connectivity index (χ1) is 37.2. The van der Waals surface area contributed by atoms with Crippen molar-refractivity contribution in [2.24, 2.45) is 0 Å². The van der Waals surface area contributed by atoms with Crippen molar-refractivity contribution < 1.29 is 0 Å². The second-order valence-electron chi connectivity index (χ2n) is 19.9. The van der Waals surface area contributed by atoms with Crippen molar-refractivity contribution in [2.45, 2.75) is 10.8 Å². The molecule has 0 radical (unpaired) electrons. The Bertz CT molecular complexity index is 3940. The molecule has 12 aromatic rings. The summed E-state index contributed by atoms with van der Waals surface area (Å²) in [5.41, 5.74) is 24.8. The maximum absolute atomic E-state index is 2.46. The molecule has 0 amide bonds. The maximum Gasteiger partial charge on any atom is 0.0713 e. The van der Waals surface area contributed by atoms with E-state index in [2.05, 4.69) is 314 Å². The van der Waals surface area contributed by atoms with Crippen LogP contribution in [0.3, 0.4) is 0 Å². The van der Waals surface area contributed by atoms with E-state index in [0.29, 0.717) is 0 Å². The highest BCUT2D eigenvalue weighted by Crippen LogP contribution is 2.59. The summed E-state index contributed by atoms with van der Waals surface area (Å²) in [5, 5.41) is 0. The predicted molar refractivity (Wildman–Crippen MR) is 312 cm³/mol. The summed E-state index contributed by atoms with van der Waals surface area (Å²) in [5.74, 6) is 0. The molecule has 1 heteroatoms. The van der Waals surface area contributed by atoms with E-state index in [0.717, 1.165) is 17.1 Å². The average Bonchev–Trinajstić information content (AvgIpc) is 4.05. The largest absolute Gasteiger partial charge is 0.310 e. The van der Waals surface area contributed by atoms with E-state index in [1.54, 1.807) is 0 Å². The fourth-order valence-corrected chi connectivity index (χ4v) is 12.8. The molecule has 0 saturated carbocycles. The average molecular weight is 954 g/mol. The van der Waals surface area contributed by atoms with Gasteiger partial charge >= 0.3 is 0 Å². The molecule has 0 atom stereocenters. The Labute approximate surface area is 440 Å². The number of benzene rings is 12. The fraction of sp³-hybridized carbons (Fsp3) is 0.0270. The predicted octanol–water partition coefficient (Wildman–Crippen LogP) is 18.9. The van der Waals surface area contributed by atoms with Gasteiger partial charge in [-0.25, -0.2) is 0 Å². The Balaban J connectivity index is 0.911. The summed E-state index contributed by atoms with van der Waals surface area (Å²) in [6.07, 6.45) is 0. The number of fused-ring (bicyclic) bond motifs is 6. The minimum atomic E-state index is -0.481. The molecule has 352 valence electrons. The van der Waals surface area contributed by atoms with Crippen LogP contribution < -0.4 is 4.90 Å². The van der Waals surface area contributed by atoms with E-state index in [4.69, 9.17) is 0 Å². The molecule has 12 aromatic carbocycles. The zero-order chi connectivity index (χ0) is 49.8. The van der Waals surface area contributed by atoms with Crippen LogP contribution >= 0.6 is 0 Å². The monoisotopic (exact) mass is 953 g/mol. The first-order valence-electron chi connectivity index (χ1n) is 26.1. The highest BCUT2D eigenvalue weighted by molar-refractivity contribution is 5.92. The van der Waals surface area contributed by atoms with Crippen LogP contribution in [0.15, 0.2) is 309 Å². The summed E-state index contributed by atoms with van der Waals surface area (Å²) in [7, 11) is 0. The third kappa shape index (κ3) is 7.08. The highest BCUT2D eigenvalue weighted by atomic mass is 15.1. The molecule has 14 rings (SSSR count). The van der Waals surface area contributed by atoms with E-state index in [1.807, 2.05) is 0 Å². The molecule has 0 bridgehead atoms. The van der Waals surface area contributed by atoms with Crippen LogP contribution in [0.4, 0.5) is 17.1 Å². The zero-order valence-electron chi connectivity index (χ0n) is 41.4. The van der Waals surface area contributed by atoms with E-state index in [1.165, 1.54) is 100 Å². The summed E-state index contributed by atoms with van der Waals surface area (Å²) >= 11 is 0. The van der Waals surface area contributed by atoms with Gasteiger partial charge in [-0.3, -0.25) is 0 Å². The van der Waals surface area contributed by atoms with Gasteiger partial charge in [0.1, 0.15) is 0 Å². The van der Waals surface area contributed by atoms with Crippen molar-refractivity contribution in [3.05, 3.63) is 354 Å². The van der Waals surface area contributed by atoms with Gasteiger partial charge in [0.15, 0.2) is 0 Å². The molecule has 0 unspecified atom stereocenters. The third-order valence-electron chi connectivity index (χ3n) is 16.0. The van der Waals surface area contributed by atoms with E-state index in [-0.39, 0.29) is 0 Å². The van der Waals surface area contributed by atoms with Crippen LogP contribution in [0.1, 0.15) is 44.5 Å². The lowest BCUT2D eigenvalue weighted by Gasteiger charge is -2.34. The Hall–Kier alpha value is -9.56. The Morgan fingerprint density at radius 2 is 0.520 bits per heavy atom. The van der Waals surface area contributed by atoms with Crippen LogP contribution in [-0.2, 0) is 10.8 Å². The van der Waals surface area contributed by atoms with Crippen LogP contribution in [-0.4, -0.2) is 0 Å². The molecule has 2 aliphatic carbocycles. The SMILES string of the molecule is c1ccc(-c2cccc(-c3ccc(N(c4ccc(-c5ccc6c(c5)C(c5ccccc5)(c5ccccc5)c5ccccc5-6)cc4)c4ccc5c(c4)-c4ccccc4C5(c4ccccc4)c4ccccc4)cc3)c2)cc1. The van der Waals surface area contributed by atoms with Crippen molar-refractivity contribution in [3.63, 3.8) is 0 Å². The Morgan fingerprint density at radius 1 is 0.187 bits per heavy atom. The second kappa shape index (κ2) is 18.2. The number of rotatable bonds is 10. The van der Waals surface area contributed by atoms with Crippen molar-refractivity contribution in [1.82, 2.24) is 0 Å². The first-order valence-corrected chi connectivity index (χ1v) is 26.1. The summed E-state index contributed by atoms with van der Waals surface area (Å²) in [4.78, 5) is 2.43. The lowest BCUT2D eigenvalue weighted by atomic mass is 9.67. The minimum Gasteiger partial charge on any atom is -0.310 e. The van der Waals surface area contributed by atoms with Gasteiger partial charge in [-0.1, -0.05) is 261 Å². The van der Waals surface area contributed by atoms with Gasteiger partial charge in [-0.15, -0.1) is 0 Å². The van der Waals surface area contributed by atoms with Crippen LogP contribution in [0.25, 0.3) is 55.6 Å². The molecule has 0 heterocycles. The molecule has 75 heavy (non-hydrogen) atoms. The van der Waals surface area contributed by atoms with Crippen LogP contribution in [0.5, 0.6) is 0 Å². The van der Waals surface area contributed by atoms with Gasteiger partial charge in [0.05, 0.1) is 10.8 Å². The van der Waals surface area contributed by atoms with E-state index >= 15 is 0 Å². The lowest BCUT2D eigenvalue weighted by Crippen LogP contribution is -2.28. The van der Waals surface area contributed by atoms with Gasteiger partial charge in [-0.2, -0.15) is 0 Å². The van der Waals surface area contributed by atoms with Crippen molar-refractivity contribution in [3.8, 4) is 55.6 Å². The smallest absolute Gasteiger partial charge is 0.0713 e. The van der Waals surface area contributed by atoms with Gasteiger partial charge in [0.2, 0.25) is 0 Å². The quantitative estimate of drug-likeness (QED) is 0.132. The molecular weight excluding hydrogens is 903 g/mol. The molecule has 0 aromatic heterocycles. The van der Waals surface area contributed by atoms with Gasteiger partial charge in [0.25, 0.3) is 0 Å². The summed E-state index contributed by atoms with van der Waals surface area (Å²) < 4.78 is 0. The standard InChI is InChI=1S/C74H51N/c1-6-21-52(22-7-1)55-23-20-24-56(49-55)53-37-42-62(43-38-53)75(64-46-48-71-68(51-64)66-34-17-19-36-70(66)73(71,58-25-8-2-9-26-58)59-27-10-3-11-28-59)63-44-39-54(40-45-63)57-41-47-67-65-33-16-18-35-69(65)74(72(67)50-57,60-29-12-4-13-30-60)61-31-14-5-15-32-61/h1-51H. The number of hydrogen-bond donors (Lipinski definition) is 0. The normalized spacial score (nSPS) is 13.3. The molecular formula is C74H51N. The molecule has 0 fully saturated rings. The third-order valence-corrected chi connectivity index (χ3v) is 16.0. The molecule has 1 nitrogen and oxygen atoms in total. The van der Waals surface area contributed by atoms with Gasteiger partial charge in [-0.05, 0) is 149 Å². The first kappa shape index (κ1) is 44.2. The summed E-state index contributed by atoms with van der Waals surface area (Å²) in [6, 6.07) is 114. The molecule has 0 saturated heterocycles. The Kier molecular flexibility index (Phi) is 10.7. The molecule has 0 spiro atoms. The van der Waals surface area contributed by atoms with Crippen molar-refractivity contribution in [1.29, 1.82) is 0 Å². The fourth-order valence-electron chi connectivity index (χ4n) is 12.8. The Morgan fingerprint density at radius 3 is 1.01 bits per heavy atom. The molecule has 0 aliphatic heterocycles. The summed E-state index contributed by atoms with van der Waals surface area (Å²) in [6.45, 7) is 0. The van der Waals surface area contributed by atoms with Crippen molar-refractivity contribution >= 4 is 17.1 Å². The van der Waals surface area contributed by atoms with Crippen LogP contribution in [0, 0.1) is 0 Å². The number of hydrogen-bond acceptors (Lipinski definition) is 1. The van der Waals surface area contributed by atoms with Crippen LogP contribution in [0.2, 0.25) is 0 Å². The van der Waals surface area contributed by atoms with E-state index in [9.17, 15) is 0 Å². The van der Waals surface area contributed by atoms with E-state index < -0.39 is 10.8 Å². The number of anilines is 3. The molecule has 0 N–H and O–H groups in total. The molecule has 2 aliphatic rings. The second-order valence-corrected chi connectivity index (χ2v) is 19.9. The maximum atomic E-state index is 2.46. The van der Waals surface area contributed by atoms with Gasteiger partial charge in [0, 0.05) is 17.1 Å².